The Balaban J connectivity index is 0.00000147. The van der Waals surface area contributed by atoms with Crippen molar-refractivity contribution in [2.24, 2.45) is 5.73 Å². The van der Waals surface area contributed by atoms with Crippen LogP contribution in [0.4, 0.5) is 0 Å². The number of rotatable bonds is 2. The smallest absolute Gasteiger partial charge is 0.259 e. The van der Waals surface area contributed by atoms with Gasteiger partial charge in [-0.2, -0.15) is 4.98 Å². The van der Waals surface area contributed by atoms with E-state index < -0.39 is 5.54 Å². The first-order valence-corrected chi connectivity index (χ1v) is 7.34. The van der Waals surface area contributed by atoms with Gasteiger partial charge in [0.15, 0.2) is 5.82 Å². The fourth-order valence-electron chi connectivity index (χ4n) is 2.43. The number of halogens is 3. The van der Waals surface area contributed by atoms with Crippen molar-refractivity contribution in [3.05, 3.63) is 33.5 Å². The van der Waals surface area contributed by atoms with Crippen LogP contribution in [0.25, 0.3) is 11.5 Å². The second-order valence-corrected chi connectivity index (χ2v) is 6.20. The SMILES string of the molecule is Cl.NC1(c2noc(-c3ccc(Cl)cc3Br)n2)CCCC1. The van der Waals surface area contributed by atoms with Crippen LogP contribution in [0.2, 0.25) is 5.02 Å². The van der Waals surface area contributed by atoms with Crippen LogP contribution in [0.3, 0.4) is 0 Å². The highest BCUT2D eigenvalue weighted by atomic mass is 79.9. The third-order valence-corrected chi connectivity index (χ3v) is 4.42. The van der Waals surface area contributed by atoms with E-state index in [4.69, 9.17) is 21.9 Å². The lowest BCUT2D eigenvalue weighted by Gasteiger charge is -2.17. The summed E-state index contributed by atoms with van der Waals surface area (Å²) in [7, 11) is 0. The van der Waals surface area contributed by atoms with Gasteiger partial charge in [-0.3, -0.25) is 0 Å². The molecule has 1 heterocycles. The molecule has 1 saturated carbocycles. The third-order valence-electron chi connectivity index (χ3n) is 3.53. The van der Waals surface area contributed by atoms with Crippen molar-refractivity contribution in [3.63, 3.8) is 0 Å². The Bertz CT molecular complexity index is 611. The van der Waals surface area contributed by atoms with E-state index in [1.807, 2.05) is 6.07 Å². The molecule has 1 aliphatic rings. The van der Waals surface area contributed by atoms with Crippen LogP contribution in [0.5, 0.6) is 0 Å². The van der Waals surface area contributed by atoms with Gasteiger partial charge in [0.1, 0.15) is 0 Å². The molecule has 108 valence electrons. The molecule has 4 nitrogen and oxygen atoms in total. The molecule has 1 fully saturated rings. The number of nitrogens with two attached hydrogens (primary N) is 1. The third kappa shape index (κ3) is 2.86. The molecule has 0 unspecified atom stereocenters. The van der Waals surface area contributed by atoms with Gasteiger partial charge in [-0.15, -0.1) is 12.4 Å². The number of nitrogens with zero attached hydrogens (tertiary/aromatic N) is 2. The predicted molar refractivity (Wildman–Crippen MR) is 84.0 cm³/mol. The van der Waals surface area contributed by atoms with E-state index in [1.165, 1.54) is 0 Å². The van der Waals surface area contributed by atoms with E-state index in [1.54, 1.807) is 12.1 Å². The fourth-order valence-corrected chi connectivity index (χ4v) is 3.28. The average Bonchev–Trinajstić information content (AvgIpc) is 2.99. The molecule has 0 atom stereocenters. The van der Waals surface area contributed by atoms with E-state index in [9.17, 15) is 0 Å². The summed E-state index contributed by atoms with van der Waals surface area (Å²) >= 11 is 9.37. The lowest BCUT2D eigenvalue weighted by molar-refractivity contribution is 0.372. The fraction of sp³-hybridized carbons (Fsp3) is 0.385. The van der Waals surface area contributed by atoms with Gasteiger partial charge < -0.3 is 10.3 Å². The lowest BCUT2D eigenvalue weighted by atomic mass is 9.99. The maximum absolute atomic E-state index is 6.32. The van der Waals surface area contributed by atoms with Crippen molar-refractivity contribution in [2.45, 2.75) is 31.2 Å². The van der Waals surface area contributed by atoms with Crippen LogP contribution in [0, 0.1) is 0 Å². The molecule has 1 aromatic heterocycles. The average molecular weight is 379 g/mol. The summed E-state index contributed by atoms with van der Waals surface area (Å²) in [6, 6.07) is 5.44. The van der Waals surface area contributed by atoms with E-state index in [2.05, 4.69) is 26.1 Å². The summed E-state index contributed by atoms with van der Waals surface area (Å²) in [6.07, 6.45) is 4.05. The lowest BCUT2D eigenvalue weighted by Crippen LogP contribution is -2.34. The molecule has 7 heteroatoms. The Labute approximate surface area is 136 Å². The minimum absolute atomic E-state index is 0. The van der Waals surface area contributed by atoms with Crippen LogP contribution in [-0.4, -0.2) is 10.1 Å². The number of benzene rings is 1. The van der Waals surface area contributed by atoms with E-state index in [0.717, 1.165) is 35.7 Å². The molecular weight excluding hydrogens is 365 g/mol. The summed E-state index contributed by atoms with van der Waals surface area (Å²) in [5, 5.41) is 4.70. The van der Waals surface area contributed by atoms with Crippen molar-refractivity contribution in [3.8, 4) is 11.5 Å². The molecule has 2 N–H and O–H groups in total. The summed E-state index contributed by atoms with van der Waals surface area (Å²) in [5.74, 6) is 1.07. The Hall–Kier alpha value is -0.620. The monoisotopic (exact) mass is 377 g/mol. The quantitative estimate of drug-likeness (QED) is 0.845. The maximum atomic E-state index is 6.32. The Morgan fingerprint density at radius 3 is 2.65 bits per heavy atom. The Morgan fingerprint density at radius 2 is 2.00 bits per heavy atom. The molecular formula is C13H14BrCl2N3O. The van der Waals surface area contributed by atoms with Crippen molar-refractivity contribution in [2.75, 3.05) is 0 Å². The van der Waals surface area contributed by atoms with Crippen molar-refractivity contribution in [1.29, 1.82) is 0 Å². The summed E-state index contributed by atoms with van der Waals surface area (Å²) in [4.78, 5) is 4.45. The van der Waals surface area contributed by atoms with Crippen LogP contribution in [-0.2, 0) is 5.54 Å². The van der Waals surface area contributed by atoms with Gasteiger partial charge in [0.05, 0.1) is 11.1 Å². The van der Waals surface area contributed by atoms with E-state index in [0.29, 0.717) is 16.7 Å². The largest absolute Gasteiger partial charge is 0.334 e. The molecule has 0 aliphatic heterocycles. The maximum Gasteiger partial charge on any atom is 0.259 e. The van der Waals surface area contributed by atoms with Crippen LogP contribution in [0.1, 0.15) is 31.5 Å². The number of hydrogen-bond donors (Lipinski definition) is 1. The van der Waals surface area contributed by atoms with Gasteiger partial charge in [0.25, 0.3) is 5.89 Å². The molecule has 2 aromatic rings. The molecule has 1 aliphatic carbocycles. The molecule has 0 amide bonds. The van der Waals surface area contributed by atoms with E-state index in [-0.39, 0.29) is 12.4 Å². The first kappa shape index (κ1) is 15.8. The van der Waals surface area contributed by atoms with Gasteiger partial charge in [-0.1, -0.05) is 29.6 Å². The first-order chi connectivity index (χ1) is 9.08. The molecule has 1 aromatic carbocycles. The second-order valence-electron chi connectivity index (χ2n) is 4.91. The standard InChI is InChI=1S/C13H13BrClN3O.ClH/c14-10-7-8(15)3-4-9(10)11-17-12(18-19-11)13(16)5-1-2-6-13;/h3-4,7H,1-2,5-6,16H2;1H. The summed E-state index contributed by atoms with van der Waals surface area (Å²) < 4.78 is 6.16. The minimum atomic E-state index is -0.430. The van der Waals surface area contributed by atoms with Crippen molar-refractivity contribution >= 4 is 39.9 Å². The first-order valence-electron chi connectivity index (χ1n) is 6.17. The summed E-state index contributed by atoms with van der Waals surface area (Å²) in [6.45, 7) is 0. The number of aromatic nitrogens is 2. The molecule has 0 bridgehead atoms. The predicted octanol–water partition coefficient (Wildman–Crippen LogP) is 4.30. The minimum Gasteiger partial charge on any atom is -0.334 e. The van der Waals surface area contributed by atoms with Gasteiger partial charge in [0.2, 0.25) is 0 Å². The van der Waals surface area contributed by atoms with E-state index >= 15 is 0 Å². The zero-order valence-corrected chi connectivity index (χ0v) is 13.8. The summed E-state index contributed by atoms with van der Waals surface area (Å²) in [5.41, 5.74) is 6.71. The topological polar surface area (TPSA) is 64.9 Å². The van der Waals surface area contributed by atoms with Gasteiger partial charge >= 0.3 is 0 Å². The Morgan fingerprint density at radius 1 is 1.30 bits per heavy atom. The highest BCUT2D eigenvalue weighted by Crippen LogP contribution is 2.36. The zero-order valence-electron chi connectivity index (χ0n) is 10.6. The van der Waals surface area contributed by atoms with Crippen LogP contribution >= 0.6 is 39.9 Å². The van der Waals surface area contributed by atoms with Crippen molar-refractivity contribution in [1.82, 2.24) is 10.1 Å². The highest BCUT2D eigenvalue weighted by Gasteiger charge is 2.36. The van der Waals surface area contributed by atoms with Crippen LogP contribution in [0.15, 0.2) is 27.2 Å². The van der Waals surface area contributed by atoms with Crippen molar-refractivity contribution < 1.29 is 4.52 Å². The molecule has 0 saturated heterocycles. The van der Waals surface area contributed by atoms with Gasteiger partial charge in [0, 0.05) is 9.50 Å². The van der Waals surface area contributed by atoms with Crippen LogP contribution < -0.4 is 5.73 Å². The molecule has 3 rings (SSSR count). The normalized spacial score (nSPS) is 16.9. The molecule has 20 heavy (non-hydrogen) atoms. The highest BCUT2D eigenvalue weighted by molar-refractivity contribution is 9.10. The Kier molecular flexibility index (Phi) is 4.74. The van der Waals surface area contributed by atoms with Gasteiger partial charge in [-0.05, 0) is 47.0 Å². The molecule has 0 radical (unpaired) electrons. The second kappa shape index (κ2) is 6.02. The van der Waals surface area contributed by atoms with Gasteiger partial charge in [-0.25, -0.2) is 0 Å². The number of hydrogen-bond acceptors (Lipinski definition) is 4. The zero-order chi connectivity index (χ0) is 13.5. The molecule has 0 spiro atoms.